The van der Waals surface area contributed by atoms with Crippen molar-refractivity contribution in [3.05, 3.63) is 0 Å². The van der Waals surface area contributed by atoms with Crippen LogP contribution in [0.3, 0.4) is 0 Å². The third kappa shape index (κ3) is 2.15. The molecular formula is C11H17NO5S. The maximum Gasteiger partial charge on any atom is 0.226 e. The molecule has 3 saturated heterocycles. The van der Waals surface area contributed by atoms with E-state index < -0.39 is 15.6 Å². The summed E-state index contributed by atoms with van der Waals surface area (Å²) in [5, 5.41) is 0. The zero-order valence-electron chi connectivity index (χ0n) is 10.1. The molecule has 1 amide bonds. The zero-order chi connectivity index (χ0) is 12.8. The van der Waals surface area contributed by atoms with E-state index in [1.54, 1.807) is 4.90 Å². The Hall–Kier alpha value is -0.660. The van der Waals surface area contributed by atoms with Gasteiger partial charge in [-0.05, 0) is 6.42 Å². The largest absolute Gasteiger partial charge is 0.346 e. The van der Waals surface area contributed by atoms with Crippen molar-refractivity contribution in [1.29, 1.82) is 0 Å². The first kappa shape index (κ1) is 12.4. The van der Waals surface area contributed by atoms with Crippen LogP contribution in [-0.4, -0.2) is 62.8 Å². The standard InChI is InChI=1S/C11H17NO5S/c13-10(9-1-6-18(14,15)7-9)12-3-2-11(8-12)16-4-5-17-11/h9H,1-8H2. The molecule has 7 heteroatoms. The smallest absolute Gasteiger partial charge is 0.226 e. The summed E-state index contributed by atoms with van der Waals surface area (Å²) in [5.74, 6) is -0.918. The van der Waals surface area contributed by atoms with Crippen LogP contribution in [0.2, 0.25) is 0 Å². The Morgan fingerprint density at radius 1 is 1.28 bits per heavy atom. The van der Waals surface area contributed by atoms with Crippen molar-refractivity contribution in [2.45, 2.75) is 18.6 Å². The van der Waals surface area contributed by atoms with E-state index in [2.05, 4.69) is 0 Å². The van der Waals surface area contributed by atoms with Crippen molar-refractivity contribution in [2.24, 2.45) is 5.92 Å². The van der Waals surface area contributed by atoms with Crippen LogP contribution in [-0.2, 0) is 24.1 Å². The van der Waals surface area contributed by atoms with Crippen LogP contribution in [0.25, 0.3) is 0 Å². The summed E-state index contributed by atoms with van der Waals surface area (Å²) in [6.07, 6.45) is 1.13. The van der Waals surface area contributed by atoms with E-state index in [4.69, 9.17) is 9.47 Å². The van der Waals surface area contributed by atoms with Gasteiger partial charge in [0.05, 0.1) is 37.2 Å². The van der Waals surface area contributed by atoms with Crippen LogP contribution in [0.4, 0.5) is 0 Å². The van der Waals surface area contributed by atoms with Gasteiger partial charge >= 0.3 is 0 Å². The first-order chi connectivity index (χ1) is 8.50. The number of carbonyl (C=O) groups excluding carboxylic acids is 1. The number of carbonyl (C=O) groups is 1. The molecule has 1 spiro atoms. The topological polar surface area (TPSA) is 72.9 Å². The molecule has 0 aromatic heterocycles. The molecule has 1 unspecified atom stereocenters. The van der Waals surface area contributed by atoms with Crippen molar-refractivity contribution in [2.75, 3.05) is 37.8 Å². The van der Waals surface area contributed by atoms with Crippen LogP contribution in [0.15, 0.2) is 0 Å². The maximum absolute atomic E-state index is 12.2. The molecule has 1 atom stereocenters. The number of ether oxygens (including phenoxy) is 2. The first-order valence-electron chi connectivity index (χ1n) is 6.27. The van der Waals surface area contributed by atoms with Crippen molar-refractivity contribution in [3.8, 4) is 0 Å². The Balaban J connectivity index is 1.64. The highest BCUT2D eigenvalue weighted by molar-refractivity contribution is 7.91. The van der Waals surface area contributed by atoms with Crippen molar-refractivity contribution in [1.82, 2.24) is 4.90 Å². The van der Waals surface area contributed by atoms with Crippen LogP contribution >= 0.6 is 0 Å². The summed E-state index contributed by atoms with van der Waals surface area (Å²) >= 11 is 0. The highest BCUT2D eigenvalue weighted by atomic mass is 32.2. The summed E-state index contributed by atoms with van der Waals surface area (Å²) in [6, 6.07) is 0. The van der Waals surface area contributed by atoms with Gasteiger partial charge in [0.2, 0.25) is 5.91 Å². The minimum atomic E-state index is -3.01. The predicted molar refractivity (Wildman–Crippen MR) is 62.6 cm³/mol. The van der Waals surface area contributed by atoms with Crippen LogP contribution in [0, 0.1) is 5.92 Å². The third-order valence-corrected chi connectivity index (χ3v) is 5.67. The number of amides is 1. The average Bonchev–Trinajstić information content (AvgIpc) is 3.01. The van der Waals surface area contributed by atoms with Crippen LogP contribution in [0.1, 0.15) is 12.8 Å². The van der Waals surface area contributed by atoms with E-state index in [1.807, 2.05) is 0 Å². The molecule has 6 nitrogen and oxygen atoms in total. The van der Waals surface area contributed by atoms with Crippen molar-refractivity contribution >= 4 is 15.7 Å². The van der Waals surface area contributed by atoms with E-state index >= 15 is 0 Å². The molecule has 102 valence electrons. The van der Waals surface area contributed by atoms with Gasteiger partial charge in [-0.3, -0.25) is 4.79 Å². The Morgan fingerprint density at radius 2 is 2.00 bits per heavy atom. The van der Waals surface area contributed by atoms with Crippen LogP contribution in [0.5, 0.6) is 0 Å². The molecule has 0 aliphatic carbocycles. The fourth-order valence-corrected chi connectivity index (χ4v) is 4.66. The highest BCUT2D eigenvalue weighted by Gasteiger charge is 2.46. The van der Waals surface area contributed by atoms with Gasteiger partial charge in [0.15, 0.2) is 15.6 Å². The Bertz CT molecular complexity index is 454. The van der Waals surface area contributed by atoms with Gasteiger partial charge in [-0.15, -0.1) is 0 Å². The van der Waals surface area contributed by atoms with E-state index in [9.17, 15) is 13.2 Å². The van der Waals surface area contributed by atoms with E-state index in [-0.39, 0.29) is 23.3 Å². The molecule has 0 N–H and O–H groups in total. The fourth-order valence-electron chi connectivity index (χ4n) is 2.92. The van der Waals surface area contributed by atoms with Gasteiger partial charge in [-0.1, -0.05) is 0 Å². The summed E-state index contributed by atoms with van der Waals surface area (Å²) < 4.78 is 33.9. The van der Waals surface area contributed by atoms with E-state index in [0.29, 0.717) is 39.1 Å². The molecule has 3 heterocycles. The van der Waals surface area contributed by atoms with Gasteiger partial charge in [-0.2, -0.15) is 0 Å². The van der Waals surface area contributed by atoms with E-state index in [1.165, 1.54) is 0 Å². The minimum absolute atomic E-state index is 0.00293. The Morgan fingerprint density at radius 3 is 2.61 bits per heavy atom. The van der Waals surface area contributed by atoms with Gasteiger partial charge in [0.25, 0.3) is 0 Å². The predicted octanol–water partition coefficient (Wildman–Crippen LogP) is -0.603. The molecular weight excluding hydrogens is 258 g/mol. The quantitative estimate of drug-likeness (QED) is 0.639. The summed E-state index contributed by atoms with van der Waals surface area (Å²) in [7, 11) is -3.01. The summed E-state index contributed by atoms with van der Waals surface area (Å²) in [5.41, 5.74) is 0. The van der Waals surface area contributed by atoms with Gasteiger partial charge in [0.1, 0.15) is 0 Å². The summed E-state index contributed by atoms with van der Waals surface area (Å²) in [6.45, 7) is 2.16. The number of likely N-dealkylation sites (tertiary alicyclic amines) is 1. The fraction of sp³-hybridized carbons (Fsp3) is 0.909. The molecule has 3 aliphatic heterocycles. The number of hydrogen-bond acceptors (Lipinski definition) is 5. The van der Waals surface area contributed by atoms with Gasteiger partial charge < -0.3 is 14.4 Å². The molecule has 0 aromatic rings. The monoisotopic (exact) mass is 275 g/mol. The van der Waals surface area contributed by atoms with Gasteiger partial charge in [0, 0.05) is 13.0 Å². The lowest BCUT2D eigenvalue weighted by atomic mass is 10.1. The van der Waals surface area contributed by atoms with E-state index in [0.717, 1.165) is 0 Å². The Kier molecular flexibility index (Phi) is 2.87. The number of nitrogens with zero attached hydrogens (tertiary/aromatic N) is 1. The molecule has 0 saturated carbocycles. The third-order valence-electron chi connectivity index (χ3n) is 3.90. The first-order valence-corrected chi connectivity index (χ1v) is 8.09. The second kappa shape index (κ2) is 4.18. The molecule has 3 rings (SSSR count). The number of rotatable bonds is 1. The summed E-state index contributed by atoms with van der Waals surface area (Å²) in [4.78, 5) is 13.9. The highest BCUT2D eigenvalue weighted by Crippen LogP contribution is 2.32. The maximum atomic E-state index is 12.2. The van der Waals surface area contributed by atoms with Gasteiger partial charge in [-0.25, -0.2) is 8.42 Å². The molecule has 18 heavy (non-hydrogen) atoms. The second-order valence-corrected chi connectivity index (χ2v) is 7.45. The minimum Gasteiger partial charge on any atom is -0.346 e. The SMILES string of the molecule is O=C(C1CCS(=O)(=O)C1)N1CCC2(C1)OCCO2. The number of hydrogen-bond donors (Lipinski definition) is 0. The Labute approximate surface area is 106 Å². The number of sulfone groups is 1. The normalized spacial score (nSPS) is 33.3. The lowest BCUT2D eigenvalue weighted by molar-refractivity contribution is -0.153. The lowest BCUT2D eigenvalue weighted by Crippen LogP contribution is -2.39. The van der Waals surface area contributed by atoms with Crippen LogP contribution < -0.4 is 0 Å². The zero-order valence-corrected chi connectivity index (χ0v) is 10.9. The average molecular weight is 275 g/mol. The van der Waals surface area contributed by atoms with Crippen molar-refractivity contribution < 1.29 is 22.7 Å². The van der Waals surface area contributed by atoms with Crippen molar-refractivity contribution in [3.63, 3.8) is 0 Å². The molecule has 0 bridgehead atoms. The second-order valence-electron chi connectivity index (χ2n) is 5.22. The molecule has 0 aromatic carbocycles. The molecule has 0 radical (unpaired) electrons. The lowest BCUT2D eigenvalue weighted by Gasteiger charge is -2.23. The molecule has 3 fully saturated rings. The molecule has 3 aliphatic rings.